The summed E-state index contributed by atoms with van der Waals surface area (Å²) in [5, 5.41) is 11.2. The number of thiazole rings is 1. The zero-order valence-corrected chi connectivity index (χ0v) is 10.8. The summed E-state index contributed by atoms with van der Waals surface area (Å²) >= 11 is 3.07. The lowest BCUT2D eigenvalue weighted by atomic mass is 10.2. The number of aromatic nitrogens is 1. The van der Waals surface area contributed by atoms with Gasteiger partial charge in [0.15, 0.2) is 5.69 Å². The van der Waals surface area contributed by atoms with Gasteiger partial charge in [-0.15, -0.1) is 23.1 Å². The van der Waals surface area contributed by atoms with E-state index in [1.54, 1.807) is 17.1 Å². The second-order valence-electron chi connectivity index (χ2n) is 3.49. The minimum atomic E-state index is -0.964. The van der Waals surface area contributed by atoms with Crippen molar-refractivity contribution < 1.29 is 9.90 Å². The van der Waals surface area contributed by atoms with Gasteiger partial charge in [-0.3, -0.25) is 0 Å². The Labute approximate surface area is 108 Å². The molecule has 2 aromatic rings. The number of thioether (sulfide) groups is 1. The predicted octanol–water partition coefficient (Wildman–Crippen LogP) is 3.44. The van der Waals surface area contributed by atoms with Crippen molar-refractivity contribution in [3.8, 4) is 0 Å². The standard InChI is InChI=1S/C12H11NO2S2/c1-8-4-2-3-5-10(8)16-7-11-13-9(6-17-11)12(14)15/h2-6H,7H2,1H3,(H,14,15). The van der Waals surface area contributed by atoms with Gasteiger partial charge >= 0.3 is 5.97 Å². The molecular formula is C12H11NO2S2. The molecule has 0 aliphatic heterocycles. The van der Waals surface area contributed by atoms with Crippen LogP contribution in [-0.4, -0.2) is 16.1 Å². The molecule has 0 saturated carbocycles. The molecule has 0 atom stereocenters. The van der Waals surface area contributed by atoms with Crippen molar-refractivity contribution in [2.24, 2.45) is 0 Å². The Morgan fingerprint density at radius 3 is 2.88 bits per heavy atom. The summed E-state index contributed by atoms with van der Waals surface area (Å²) < 4.78 is 0. The Balaban J connectivity index is 2.02. The first-order valence-electron chi connectivity index (χ1n) is 5.03. The smallest absolute Gasteiger partial charge is 0.355 e. The number of hydrogen-bond donors (Lipinski definition) is 1. The lowest BCUT2D eigenvalue weighted by molar-refractivity contribution is 0.0691. The Morgan fingerprint density at radius 2 is 2.24 bits per heavy atom. The Bertz CT molecular complexity index is 537. The molecule has 88 valence electrons. The fourth-order valence-electron chi connectivity index (χ4n) is 1.33. The Kier molecular flexibility index (Phi) is 3.81. The van der Waals surface area contributed by atoms with Crippen LogP contribution in [0, 0.1) is 6.92 Å². The van der Waals surface area contributed by atoms with Gasteiger partial charge in [-0.2, -0.15) is 0 Å². The summed E-state index contributed by atoms with van der Waals surface area (Å²) in [4.78, 5) is 15.9. The van der Waals surface area contributed by atoms with Gasteiger partial charge in [0.25, 0.3) is 0 Å². The molecule has 0 amide bonds. The van der Waals surface area contributed by atoms with E-state index in [9.17, 15) is 4.79 Å². The monoisotopic (exact) mass is 265 g/mol. The number of aryl methyl sites for hydroxylation is 1. The molecule has 2 rings (SSSR count). The second kappa shape index (κ2) is 5.33. The topological polar surface area (TPSA) is 50.2 Å². The molecule has 0 saturated heterocycles. The normalized spacial score (nSPS) is 10.4. The molecule has 1 heterocycles. The van der Waals surface area contributed by atoms with E-state index in [2.05, 4.69) is 24.0 Å². The van der Waals surface area contributed by atoms with Crippen LogP contribution >= 0.6 is 23.1 Å². The maximum absolute atomic E-state index is 10.7. The number of benzene rings is 1. The van der Waals surface area contributed by atoms with Crippen molar-refractivity contribution in [2.45, 2.75) is 17.6 Å². The molecule has 3 nitrogen and oxygen atoms in total. The van der Waals surface area contributed by atoms with Crippen molar-refractivity contribution >= 4 is 29.1 Å². The van der Waals surface area contributed by atoms with E-state index in [0.717, 1.165) is 5.01 Å². The van der Waals surface area contributed by atoms with E-state index in [-0.39, 0.29) is 5.69 Å². The molecular weight excluding hydrogens is 254 g/mol. The molecule has 1 aromatic heterocycles. The fraction of sp³-hybridized carbons (Fsp3) is 0.167. The van der Waals surface area contributed by atoms with E-state index >= 15 is 0 Å². The predicted molar refractivity (Wildman–Crippen MR) is 69.8 cm³/mol. The molecule has 0 radical (unpaired) electrons. The first-order valence-corrected chi connectivity index (χ1v) is 6.89. The molecule has 0 bridgehead atoms. The molecule has 0 fully saturated rings. The van der Waals surface area contributed by atoms with Gasteiger partial charge in [0.1, 0.15) is 5.01 Å². The van der Waals surface area contributed by atoms with E-state index in [1.807, 2.05) is 12.1 Å². The van der Waals surface area contributed by atoms with Gasteiger partial charge in [0.05, 0.1) is 5.75 Å². The molecule has 1 aromatic carbocycles. The zero-order valence-electron chi connectivity index (χ0n) is 9.21. The van der Waals surface area contributed by atoms with Crippen LogP contribution in [0.3, 0.4) is 0 Å². The van der Waals surface area contributed by atoms with Gasteiger partial charge in [0, 0.05) is 10.3 Å². The molecule has 0 aliphatic rings. The molecule has 5 heteroatoms. The number of nitrogens with zero attached hydrogens (tertiary/aromatic N) is 1. The molecule has 0 aliphatic carbocycles. The maximum atomic E-state index is 10.7. The van der Waals surface area contributed by atoms with Crippen LogP contribution in [0.1, 0.15) is 21.1 Å². The van der Waals surface area contributed by atoms with Crippen molar-refractivity contribution in [3.05, 3.63) is 45.9 Å². The quantitative estimate of drug-likeness (QED) is 0.860. The highest BCUT2D eigenvalue weighted by Gasteiger charge is 2.09. The summed E-state index contributed by atoms with van der Waals surface area (Å²) in [5.41, 5.74) is 1.36. The molecule has 0 spiro atoms. The van der Waals surface area contributed by atoms with Crippen LogP contribution in [0.2, 0.25) is 0 Å². The largest absolute Gasteiger partial charge is 0.476 e. The van der Waals surface area contributed by atoms with Crippen molar-refractivity contribution in [3.63, 3.8) is 0 Å². The highest BCUT2D eigenvalue weighted by molar-refractivity contribution is 7.98. The van der Waals surface area contributed by atoms with E-state index in [1.165, 1.54) is 21.8 Å². The van der Waals surface area contributed by atoms with Crippen molar-refractivity contribution in [2.75, 3.05) is 0 Å². The summed E-state index contributed by atoms with van der Waals surface area (Å²) in [7, 11) is 0. The SMILES string of the molecule is Cc1ccccc1SCc1nc(C(=O)O)cs1. The summed E-state index contributed by atoms with van der Waals surface area (Å²) in [6.07, 6.45) is 0. The van der Waals surface area contributed by atoms with E-state index in [4.69, 9.17) is 5.11 Å². The third-order valence-corrected chi connectivity index (χ3v) is 4.43. The van der Waals surface area contributed by atoms with Gasteiger partial charge < -0.3 is 5.11 Å². The first-order chi connectivity index (χ1) is 8.16. The van der Waals surface area contributed by atoms with Crippen LogP contribution in [-0.2, 0) is 5.75 Å². The molecule has 0 unspecified atom stereocenters. The fourth-order valence-corrected chi connectivity index (χ4v) is 3.15. The Morgan fingerprint density at radius 1 is 1.47 bits per heavy atom. The second-order valence-corrected chi connectivity index (χ2v) is 5.45. The number of carbonyl (C=O) groups is 1. The minimum absolute atomic E-state index is 0.135. The minimum Gasteiger partial charge on any atom is -0.476 e. The van der Waals surface area contributed by atoms with Crippen LogP contribution in [0.5, 0.6) is 0 Å². The average molecular weight is 265 g/mol. The zero-order chi connectivity index (χ0) is 12.3. The summed E-state index contributed by atoms with van der Waals surface area (Å²) in [6.45, 7) is 2.06. The van der Waals surface area contributed by atoms with Crippen LogP contribution in [0.15, 0.2) is 34.5 Å². The highest BCUT2D eigenvalue weighted by atomic mass is 32.2. The average Bonchev–Trinajstić information content (AvgIpc) is 2.77. The third kappa shape index (κ3) is 3.08. The number of rotatable bonds is 4. The van der Waals surface area contributed by atoms with Gasteiger partial charge in [0.2, 0.25) is 0 Å². The number of carboxylic acids is 1. The van der Waals surface area contributed by atoms with Gasteiger partial charge in [-0.05, 0) is 18.6 Å². The van der Waals surface area contributed by atoms with Gasteiger partial charge in [-0.1, -0.05) is 18.2 Å². The number of aromatic carboxylic acids is 1. The first kappa shape index (κ1) is 12.1. The van der Waals surface area contributed by atoms with Crippen molar-refractivity contribution in [1.29, 1.82) is 0 Å². The lowest BCUT2D eigenvalue weighted by Gasteiger charge is -2.02. The Hall–Kier alpha value is -1.33. The van der Waals surface area contributed by atoms with Crippen molar-refractivity contribution in [1.82, 2.24) is 4.98 Å². The molecule has 1 N–H and O–H groups in total. The maximum Gasteiger partial charge on any atom is 0.355 e. The summed E-state index contributed by atoms with van der Waals surface area (Å²) in [5.74, 6) is -0.253. The highest BCUT2D eigenvalue weighted by Crippen LogP contribution is 2.26. The van der Waals surface area contributed by atoms with Crippen LogP contribution < -0.4 is 0 Å². The van der Waals surface area contributed by atoms with E-state index < -0.39 is 5.97 Å². The summed E-state index contributed by atoms with van der Waals surface area (Å²) in [6, 6.07) is 8.13. The molecule has 17 heavy (non-hydrogen) atoms. The van der Waals surface area contributed by atoms with E-state index in [0.29, 0.717) is 5.75 Å². The third-order valence-electron chi connectivity index (χ3n) is 2.22. The number of hydrogen-bond acceptors (Lipinski definition) is 4. The van der Waals surface area contributed by atoms with Crippen LogP contribution in [0.4, 0.5) is 0 Å². The number of carboxylic acid groups (broad SMARTS) is 1. The van der Waals surface area contributed by atoms with Gasteiger partial charge in [-0.25, -0.2) is 9.78 Å². The lowest BCUT2D eigenvalue weighted by Crippen LogP contribution is -1.96. The van der Waals surface area contributed by atoms with Crippen LogP contribution in [0.25, 0.3) is 0 Å².